The number of rotatable bonds is 6. The van der Waals surface area contributed by atoms with E-state index in [0.29, 0.717) is 0 Å². The maximum Gasteiger partial charge on any atom is 0.305 e. The SMILES string of the molecule is Cc1ccc([C@@H]2C[C@@H]2C(=O)N[C@@H](CC(=O)O)c2ccccc2)s1. The minimum Gasteiger partial charge on any atom is -0.481 e. The fraction of sp³-hybridized carbons (Fsp3) is 0.333. The average molecular weight is 329 g/mol. The van der Waals surface area contributed by atoms with Gasteiger partial charge in [-0.05, 0) is 31.0 Å². The largest absolute Gasteiger partial charge is 0.481 e. The van der Waals surface area contributed by atoms with Crippen LogP contribution in [0.3, 0.4) is 0 Å². The number of carbonyl (C=O) groups is 2. The van der Waals surface area contributed by atoms with E-state index in [1.54, 1.807) is 11.3 Å². The molecule has 1 aliphatic carbocycles. The van der Waals surface area contributed by atoms with E-state index < -0.39 is 12.0 Å². The molecule has 0 unspecified atom stereocenters. The van der Waals surface area contributed by atoms with Crippen LogP contribution in [0.2, 0.25) is 0 Å². The molecule has 0 bridgehead atoms. The van der Waals surface area contributed by atoms with Crippen LogP contribution in [0, 0.1) is 12.8 Å². The summed E-state index contributed by atoms with van der Waals surface area (Å²) in [6.45, 7) is 2.06. The number of carboxylic acid groups (broad SMARTS) is 1. The highest BCUT2D eigenvalue weighted by Gasteiger charge is 2.45. The minimum atomic E-state index is -0.916. The van der Waals surface area contributed by atoms with Gasteiger partial charge in [0, 0.05) is 21.6 Å². The molecule has 2 aromatic rings. The second-order valence-corrected chi connectivity index (χ2v) is 7.29. The molecule has 0 spiro atoms. The lowest BCUT2D eigenvalue weighted by Gasteiger charge is -2.17. The molecule has 23 heavy (non-hydrogen) atoms. The normalized spacial score (nSPS) is 20.7. The van der Waals surface area contributed by atoms with Crippen LogP contribution in [0.4, 0.5) is 0 Å². The van der Waals surface area contributed by atoms with E-state index in [0.717, 1.165) is 12.0 Å². The van der Waals surface area contributed by atoms with Crippen molar-refractivity contribution in [2.45, 2.75) is 31.7 Å². The number of carboxylic acids is 1. The Kier molecular flexibility index (Phi) is 4.48. The number of carbonyl (C=O) groups excluding carboxylic acids is 1. The van der Waals surface area contributed by atoms with Crippen LogP contribution in [0.1, 0.15) is 40.1 Å². The molecule has 0 aliphatic heterocycles. The van der Waals surface area contributed by atoms with Crippen LogP contribution < -0.4 is 5.32 Å². The maximum atomic E-state index is 12.5. The third kappa shape index (κ3) is 3.79. The first kappa shape index (κ1) is 15.7. The summed E-state index contributed by atoms with van der Waals surface area (Å²) >= 11 is 1.73. The van der Waals surface area contributed by atoms with E-state index in [2.05, 4.69) is 24.4 Å². The van der Waals surface area contributed by atoms with Gasteiger partial charge in [-0.1, -0.05) is 30.3 Å². The summed E-state index contributed by atoms with van der Waals surface area (Å²) in [5.41, 5.74) is 0.826. The van der Waals surface area contributed by atoms with Gasteiger partial charge in [-0.15, -0.1) is 11.3 Å². The molecule has 3 atom stereocenters. The molecule has 1 aromatic carbocycles. The summed E-state index contributed by atoms with van der Waals surface area (Å²) in [5, 5.41) is 12.0. The fourth-order valence-corrected chi connectivity index (χ4v) is 3.90. The number of amides is 1. The van der Waals surface area contributed by atoms with Crippen LogP contribution in [0.15, 0.2) is 42.5 Å². The molecule has 1 aromatic heterocycles. The van der Waals surface area contributed by atoms with E-state index in [4.69, 9.17) is 5.11 Å². The Bertz CT molecular complexity index is 710. The predicted octanol–water partition coefficient (Wildman–Crippen LogP) is 3.49. The molecule has 1 saturated carbocycles. The van der Waals surface area contributed by atoms with Gasteiger partial charge >= 0.3 is 5.97 Å². The average Bonchev–Trinajstić information content (AvgIpc) is 3.22. The van der Waals surface area contributed by atoms with Crippen molar-refractivity contribution < 1.29 is 14.7 Å². The quantitative estimate of drug-likeness (QED) is 0.852. The molecule has 0 radical (unpaired) electrons. The number of thiophene rings is 1. The highest BCUT2D eigenvalue weighted by molar-refractivity contribution is 7.12. The number of hydrogen-bond acceptors (Lipinski definition) is 3. The first-order valence-electron chi connectivity index (χ1n) is 7.68. The molecule has 4 nitrogen and oxygen atoms in total. The summed E-state index contributed by atoms with van der Waals surface area (Å²) in [6.07, 6.45) is 0.742. The summed E-state index contributed by atoms with van der Waals surface area (Å²) in [4.78, 5) is 26.0. The van der Waals surface area contributed by atoms with Crippen molar-refractivity contribution in [3.05, 3.63) is 57.8 Å². The third-order valence-corrected chi connectivity index (χ3v) is 5.28. The van der Waals surface area contributed by atoms with E-state index in [1.165, 1.54) is 9.75 Å². The topological polar surface area (TPSA) is 66.4 Å². The van der Waals surface area contributed by atoms with Gasteiger partial charge < -0.3 is 10.4 Å². The maximum absolute atomic E-state index is 12.5. The predicted molar refractivity (Wildman–Crippen MR) is 89.5 cm³/mol. The van der Waals surface area contributed by atoms with Gasteiger partial charge in [-0.2, -0.15) is 0 Å². The van der Waals surface area contributed by atoms with E-state index in [-0.39, 0.29) is 24.2 Å². The zero-order valence-electron chi connectivity index (χ0n) is 12.9. The van der Waals surface area contributed by atoms with Crippen LogP contribution >= 0.6 is 11.3 Å². The molecule has 1 aliphatic rings. The molecule has 1 heterocycles. The monoisotopic (exact) mass is 329 g/mol. The molecular formula is C18H19NO3S. The standard InChI is InChI=1S/C18H19NO3S/c1-11-7-8-16(23-11)13-9-14(13)18(22)19-15(10-17(20)21)12-5-3-2-4-6-12/h2-8,13-15H,9-10H2,1H3,(H,19,22)(H,20,21)/t13-,14+,15+/m1/s1. The zero-order chi connectivity index (χ0) is 16.4. The third-order valence-electron chi connectivity index (χ3n) is 4.15. The summed E-state index contributed by atoms with van der Waals surface area (Å²) in [6, 6.07) is 13.0. The molecule has 1 amide bonds. The van der Waals surface area contributed by atoms with Crippen LogP contribution in [0.25, 0.3) is 0 Å². The van der Waals surface area contributed by atoms with Crippen molar-refractivity contribution in [3.63, 3.8) is 0 Å². The molecule has 3 rings (SSSR count). The van der Waals surface area contributed by atoms with Gasteiger partial charge in [0.2, 0.25) is 5.91 Å². The first-order valence-corrected chi connectivity index (χ1v) is 8.49. The molecule has 120 valence electrons. The number of benzene rings is 1. The van der Waals surface area contributed by atoms with Crippen LogP contribution in [-0.4, -0.2) is 17.0 Å². The highest BCUT2D eigenvalue weighted by Crippen LogP contribution is 2.50. The van der Waals surface area contributed by atoms with E-state index in [9.17, 15) is 9.59 Å². The van der Waals surface area contributed by atoms with E-state index in [1.807, 2.05) is 30.3 Å². The van der Waals surface area contributed by atoms with Crippen molar-refractivity contribution in [2.75, 3.05) is 0 Å². The smallest absolute Gasteiger partial charge is 0.305 e. The van der Waals surface area contributed by atoms with Gasteiger partial charge in [0.15, 0.2) is 0 Å². The first-order chi connectivity index (χ1) is 11.0. The number of nitrogens with one attached hydrogen (secondary N) is 1. The van der Waals surface area contributed by atoms with Crippen molar-refractivity contribution in [2.24, 2.45) is 5.92 Å². The van der Waals surface area contributed by atoms with Crippen molar-refractivity contribution >= 4 is 23.2 Å². The van der Waals surface area contributed by atoms with Crippen LogP contribution in [0.5, 0.6) is 0 Å². The second kappa shape index (κ2) is 6.54. The lowest BCUT2D eigenvalue weighted by Crippen LogP contribution is -2.31. The Morgan fingerprint density at radius 3 is 2.61 bits per heavy atom. The number of aryl methyl sites for hydroxylation is 1. The zero-order valence-corrected chi connectivity index (χ0v) is 13.7. The minimum absolute atomic E-state index is 0.0342. The molecule has 0 saturated heterocycles. The Labute approximate surface area is 139 Å². The Morgan fingerprint density at radius 2 is 2.00 bits per heavy atom. The van der Waals surface area contributed by atoms with Crippen LogP contribution in [-0.2, 0) is 9.59 Å². The number of aliphatic carboxylic acids is 1. The molecule has 5 heteroatoms. The summed E-state index contributed by atoms with van der Waals surface area (Å²) in [5.74, 6) is -0.709. The van der Waals surface area contributed by atoms with Crippen molar-refractivity contribution in [1.29, 1.82) is 0 Å². The lowest BCUT2D eigenvalue weighted by atomic mass is 10.0. The van der Waals surface area contributed by atoms with Crippen molar-refractivity contribution in [1.82, 2.24) is 5.32 Å². The number of hydrogen-bond donors (Lipinski definition) is 2. The van der Waals surface area contributed by atoms with Gasteiger partial charge in [0.25, 0.3) is 0 Å². The molecule has 2 N–H and O–H groups in total. The Morgan fingerprint density at radius 1 is 1.26 bits per heavy atom. The summed E-state index contributed by atoms with van der Waals surface area (Å²) in [7, 11) is 0. The Balaban J connectivity index is 1.66. The van der Waals surface area contributed by atoms with Gasteiger partial charge in [-0.3, -0.25) is 9.59 Å². The highest BCUT2D eigenvalue weighted by atomic mass is 32.1. The fourth-order valence-electron chi connectivity index (χ4n) is 2.84. The van der Waals surface area contributed by atoms with E-state index >= 15 is 0 Å². The van der Waals surface area contributed by atoms with Gasteiger partial charge in [0.1, 0.15) is 0 Å². The van der Waals surface area contributed by atoms with Gasteiger partial charge in [-0.25, -0.2) is 0 Å². The second-order valence-electron chi connectivity index (χ2n) is 5.97. The summed E-state index contributed by atoms with van der Waals surface area (Å²) < 4.78 is 0. The lowest BCUT2D eigenvalue weighted by molar-refractivity contribution is -0.137. The van der Waals surface area contributed by atoms with Gasteiger partial charge in [0.05, 0.1) is 12.5 Å². The molecular weight excluding hydrogens is 310 g/mol. The Hall–Kier alpha value is -2.14. The molecule has 1 fully saturated rings. The van der Waals surface area contributed by atoms with Crippen molar-refractivity contribution in [3.8, 4) is 0 Å².